The number of hydrogen-bond acceptors (Lipinski definition) is 5. The van der Waals surface area contributed by atoms with Crippen molar-refractivity contribution in [3.63, 3.8) is 0 Å². The molecule has 0 radical (unpaired) electrons. The Balaban J connectivity index is 1.40. The van der Waals surface area contributed by atoms with Gasteiger partial charge >= 0.3 is 0 Å². The number of hydrogen-bond donors (Lipinski definition) is 0. The Kier molecular flexibility index (Phi) is 6.91. The fraction of sp³-hybridized carbons (Fsp3) is 0.379. The van der Waals surface area contributed by atoms with Gasteiger partial charge in [0.1, 0.15) is 29.6 Å². The van der Waals surface area contributed by atoms with Crippen molar-refractivity contribution in [3.8, 4) is 23.0 Å². The van der Waals surface area contributed by atoms with Crippen LogP contribution in [0.15, 0.2) is 66.7 Å². The van der Waals surface area contributed by atoms with E-state index in [4.69, 9.17) is 18.9 Å². The fourth-order valence-electron chi connectivity index (χ4n) is 5.14. The summed E-state index contributed by atoms with van der Waals surface area (Å²) in [5.74, 6) is 3.83. The first-order valence-corrected chi connectivity index (χ1v) is 12.1. The number of ether oxygens (including phenoxy) is 4. The van der Waals surface area contributed by atoms with Crippen molar-refractivity contribution in [1.29, 1.82) is 0 Å². The van der Waals surface area contributed by atoms with Crippen LogP contribution < -0.4 is 18.9 Å². The lowest BCUT2D eigenvalue weighted by Crippen LogP contribution is -2.25. The highest BCUT2D eigenvalue weighted by Crippen LogP contribution is 2.47. The van der Waals surface area contributed by atoms with Crippen LogP contribution in [-0.2, 0) is 0 Å². The van der Waals surface area contributed by atoms with Crippen LogP contribution in [0.3, 0.4) is 0 Å². The van der Waals surface area contributed by atoms with E-state index in [9.17, 15) is 0 Å². The molecule has 0 spiro atoms. The summed E-state index contributed by atoms with van der Waals surface area (Å²) in [6.45, 7) is 4.72. The van der Waals surface area contributed by atoms with Crippen molar-refractivity contribution in [2.24, 2.45) is 0 Å². The topological polar surface area (TPSA) is 40.2 Å². The van der Waals surface area contributed by atoms with E-state index >= 15 is 0 Å². The summed E-state index contributed by atoms with van der Waals surface area (Å²) in [5.41, 5.74) is 3.66. The predicted molar refractivity (Wildman–Crippen MR) is 134 cm³/mol. The zero-order valence-electron chi connectivity index (χ0n) is 20.0. The van der Waals surface area contributed by atoms with E-state index < -0.39 is 0 Å². The van der Waals surface area contributed by atoms with Crippen LogP contribution in [-0.4, -0.2) is 52.0 Å². The van der Waals surface area contributed by atoms with E-state index in [2.05, 4.69) is 47.4 Å². The van der Waals surface area contributed by atoms with Crippen molar-refractivity contribution in [1.82, 2.24) is 4.90 Å². The molecule has 34 heavy (non-hydrogen) atoms. The van der Waals surface area contributed by atoms with Gasteiger partial charge < -0.3 is 18.9 Å². The average molecular weight is 460 g/mol. The normalized spacial score (nSPS) is 19.8. The summed E-state index contributed by atoms with van der Waals surface area (Å²) in [6, 6.07) is 23.1. The molecule has 0 N–H and O–H groups in total. The van der Waals surface area contributed by atoms with Crippen LogP contribution >= 0.6 is 0 Å². The third-order valence-electron chi connectivity index (χ3n) is 7.03. The molecular formula is C29H33NO4. The highest BCUT2D eigenvalue weighted by atomic mass is 16.5. The van der Waals surface area contributed by atoms with Crippen molar-refractivity contribution < 1.29 is 18.9 Å². The first-order valence-electron chi connectivity index (χ1n) is 12.1. The Morgan fingerprint density at radius 3 is 2.15 bits per heavy atom. The number of nitrogens with zero attached hydrogens (tertiary/aromatic N) is 1. The maximum absolute atomic E-state index is 6.23. The van der Waals surface area contributed by atoms with Gasteiger partial charge in [-0.25, -0.2) is 0 Å². The smallest absolute Gasteiger partial charge is 0.126 e. The van der Waals surface area contributed by atoms with E-state index in [0.717, 1.165) is 36.1 Å². The predicted octanol–water partition coefficient (Wildman–Crippen LogP) is 5.49. The molecule has 0 unspecified atom stereocenters. The van der Waals surface area contributed by atoms with Crippen molar-refractivity contribution in [2.45, 2.75) is 24.7 Å². The van der Waals surface area contributed by atoms with E-state index in [1.54, 1.807) is 14.2 Å². The molecule has 1 saturated heterocycles. The lowest BCUT2D eigenvalue weighted by Gasteiger charge is -2.34. The quantitative estimate of drug-likeness (QED) is 0.446. The van der Waals surface area contributed by atoms with Crippen LogP contribution in [0.2, 0.25) is 0 Å². The molecule has 0 amide bonds. The van der Waals surface area contributed by atoms with Crippen LogP contribution in [0.1, 0.15) is 41.4 Å². The number of likely N-dealkylation sites (tertiary alicyclic amines) is 1. The van der Waals surface area contributed by atoms with Crippen LogP contribution in [0, 0.1) is 0 Å². The summed E-state index contributed by atoms with van der Waals surface area (Å²) in [5, 5.41) is 0. The van der Waals surface area contributed by atoms with Gasteiger partial charge in [0.2, 0.25) is 0 Å². The lowest BCUT2D eigenvalue weighted by atomic mass is 9.76. The summed E-state index contributed by atoms with van der Waals surface area (Å²) in [6.07, 6.45) is 2.62. The minimum Gasteiger partial charge on any atom is -0.497 e. The minimum absolute atomic E-state index is 0.168. The van der Waals surface area contributed by atoms with Gasteiger partial charge in [0.25, 0.3) is 0 Å². The van der Waals surface area contributed by atoms with Crippen LogP contribution in [0.25, 0.3) is 0 Å². The highest BCUT2D eigenvalue weighted by Gasteiger charge is 2.33. The maximum atomic E-state index is 6.23. The zero-order valence-corrected chi connectivity index (χ0v) is 20.0. The summed E-state index contributed by atoms with van der Waals surface area (Å²) >= 11 is 0. The number of fused-ring (bicyclic) bond motifs is 1. The Morgan fingerprint density at radius 1 is 0.794 bits per heavy atom. The average Bonchev–Trinajstić information content (AvgIpc) is 3.42. The van der Waals surface area contributed by atoms with Crippen molar-refractivity contribution in [3.05, 3.63) is 83.4 Å². The molecule has 0 saturated carbocycles. The standard InChI is InChI=1S/C29H33NO4/c1-31-23-9-5-21(6-10-23)27-20-34-28-19-25(32-2)13-14-26(28)29(27)22-7-11-24(12-8-22)33-18-17-30-15-3-4-16-30/h5-14,19,27,29H,3-4,15-18,20H2,1-2H3/t27-,29-/m1/s1. The fourth-order valence-corrected chi connectivity index (χ4v) is 5.14. The molecule has 2 atom stereocenters. The Morgan fingerprint density at radius 2 is 1.44 bits per heavy atom. The number of rotatable bonds is 8. The molecular weight excluding hydrogens is 426 g/mol. The third-order valence-corrected chi connectivity index (χ3v) is 7.03. The van der Waals surface area contributed by atoms with Gasteiger partial charge in [-0.1, -0.05) is 30.3 Å². The van der Waals surface area contributed by atoms with E-state index in [-0.39, 0.29) is 11.8 Å². The van der Waals surface area contributed by atoms with Gasteiger partial charge in [-0.15, -0.1) is 0 Å². The molecule has 1 fully saturated rings. The SMILES string of the molecule is COc1ccc([C@H]2COc3cc(OC)ccc3[C@H]2c2ccc(OCCN3CCCC3)cc2)cc1. The molecule has 0 aliphatic carbocycles. The van der Waals surface area contributed by atoms with E-state index in [1.807, 2.05) is 24.3 Å². The lowest BCUT2D eigenvalue weighted by molar-refractivity contribution is 0.237. The molecule has 0 bridgehead atoms. The molecule has 2 aliphatic heterocycles. The minimum atomic E-state index is 0.168. The first-order chi connectivity index (χ1) is 16.7. The molecule has 3 aromatic rings. The molecule has 5 nitrogen and oxygen atoms in total. The van der Waals surface area contributed by atoms with Crippen molar-refractivity contribution in [2.75, 3.05) is 47.1 Å². The Labute approximate surface area is 202 Å². The molecule has 0 aromatic heterocycles. The molecule has 5 rings (SSSR count). The third kappa shape index (κ3) is 4.85. The van der Waals surface area contributed by atoms with E-state index in [0.29, 0.717) is 6.61 Å². The maximum Gasteiger partial charge on any atom is 0.126 e. The van der Waals surface area contributed by atoms with Crippen LogP contribution in [0.4, 0.5) is 0 Å². The molecule has 2 aliphatic rings. The molecule has 178 valence electrons. The zero-order chi connectivity index (χ0) is 23.3. The largest absolute Gasteiger partial charge is 0.497 e. The Bertz CT molecular complexity index is 1070. The van der Waals surface area contributed by atoms with Gasteiger partial charge in [-0.2, -0.15) is 0 Å². The highest BCUT2D eigenvalue weighted by molar-refractivity contribution is 5.51. The van der Waals surface area contributed by atoms with Gasteiger partial charge in [0.15, 0.2) is 0 Å². The van der Waals surface area contributed by atoms with Gasteiger partial charge in [0, 0.05) is 30.0 Å². The second-order valence-corrected chi connectivity index (χ2v) is 9.04. The number of methoxy groups -OCH3 is 2. The van der Waals surface area contributed by atoms with Gasteiger partial charge in [-0.3, -0.25) is 4.90 Å². The summed E-state index contributed by atoms with van der Waals surface area (Å²) in [7, 11) is 3.38. The summed E-state index contributed by atoms with van der Waals surface area (Å²) in [4.78, 5) is 2.47. The Hall–Kier alpha value is -3.18. The molecule has 3 aromatic carbocycles. The number of benzene rings is 3. The van der Waals surface area contributed by atoms with Gasteiger partial charge in [-0.05, 0) is 67.4 Å². The van der Waals surface area contributed by atoms with Gasteiger partial charge in [0.05, 0.1) is 20.8 Å². The monoisotopic (exact) mass is 459 g/mol. The first kappa shape index (κ1) is 22.6. The second-order valence-electron chi connectivity index (χ2n) is 9.04. The molecule has 2 heterocycles. The van der Waals surface area contributed by atoms with Crippen molar-refractivity contribution >= 4 is 0 Å². The summed E-state index contributed by atoms with van der Waals surface area (Å²) < 4.78 is 23.1. The molecule has 5 heteroatoms. The van der Waals surface area contributed by atoms with E-state index in [1.165, 1.54) is 42.6 Å². The van der Waals surface area contributed by atoms with Crippen LogP contribution in [0.5, 0.6) is 23.0 Å². The second kappa shape index (κ2) is 10.4.